The second kappa shape index (κ2) is 10.9. The topological polar surface area (TPSA) is 110 Å². The van der Waals surface area contributed by atoms with Gasteiger partial charge in [-0.15, -0.1) is 0 Å². The van der Waals surface area contributed by atoms with Gasteiger partial charge in [-0.2, -0.15) is 13.2 Å². The van der Waals surface area contributed by atoms with Crippen molar-refractivity contribution in [1.82, 2.24) is 24.8 Å². The molecule has 2 unspecified atom stereocenters. The van der Waals surface area contributed by atoms with Crippen LogP contribution < -0.4 is 5.32 Å². The molecule has 1 fully saturated rings. The molecule has 210 valence electrons. The molecule has 0 radical (unpaired) electrons. The lowest BCUT2D eigenvalue weighted by molar-refractivity contribution is -0.0710. The molecule has 1 aliphatic heterocycles. The average molecular weight is 593 g/mol. The third kappa shape index (κ3) is 5.87. The lowest BCUT2D eigenvalue weighted by Gasteiger charge is -2.34. The van der Waals surface area contributed by atoms with Gasteiger partial charge in [0, 0.05) is 36.7 Å². The second-order valence-corrected chi connectivity index (χ2v) is 11.8. The Morgan fingerprint density at radius 1 is 1.07 bits per heavy atom. The van der Waals surface area contributed by atoms with Gasteiger partial charge >= 0.3 is 5.51 Å². The summed E-state index contributed by atoms with van der Waals surface area (Å²) in [5.41, 5.74) is -3.01. The SMILES string of the molecule is CC1CN(Cc2nc(Nc3ccc(S(=O)(=O)C(F)(F)F)cc3)c3ncc(-c4ncccc4Cl)cc3n2)CC(C)O1. The molecule has 4 aromatic rings. The smallest absolute Gasteiger partial charge is 0.373 e. The van der Waals surface area contributed by atoms with Crippen LogP contribution in [-0.2, 0) is 21.1 Å². The highest BCUT2D eigenvalue weighted by Crippen LogP contribution is 2.32. The van der Waals surface area contributed by atoms with Gasteiger partial charge in [-0.3, -0.25) is 9.88 Å². The van der Waals surface area contributed by atoms with Gasteiger partial charge in [0.1, 0.15) is 11.3 Å². The summed E-state index contributed by atoms with van der Waals surface area (Å²) in [4.78, 5) is 19.6. The van der Waals surface area contributed by atoms with E-state index in [1.165, 1.54) is 12.1 Å². The van der Waals surface area contributed by atoms with E-state index in [9.17, 15) is 21.6 Å². The number of morpholine rings is 1. The van der Waals surface area contributed by atoms with Crippen molar-refractivity contribution in [3.63, 3.8) is 0 Å². The zero-order valence-electron chi connectivity index (χ0n) is 21.4. The molecule has 1 aliphatic rings. The number of aromatic nitrogens is 4. The van der Waals surface area contributed by atoms with E-state index in [2.05, 4.69) is 25.2 Å². The Morgan fingerprint density at radius 3 is 2.42 bits per heavy atom. The lowest BCUT2D eigenvalue weighted by Crippen LogP contribution is -2.45. The maximum absolute atomic E-state index is 13.0. The number of fused-ring (bicyclic) bond motifs is 1. The Bertz CT molecular complexity index is 1640. The van der Waals surface area contributed by atoms with Crippen LogP contribution in [0.15, 0.2) is 59.8 Å². The van der Waals surface area contributed by atoms with Crippen LogP contribution >= 0.6 is 11.6 Å². The van der Waals surface area contributed by atoms with Crippen LogP contribution in [0.2, 0.25) is 5.02 Å². The number of ether oxygens (including phenoxy) is 1. The van der Waals surface area contributed by atoms with Crippen molar-refractivity contribution < 1.29 is 26.3 Å². The molecule has 0 amide bonds. The zero-order valence-corrected chi connectivity index (χ0v) is 22.9. The number of benzene rings is 1. The van der Waals surface area contributed by atoms with Gasteiger partial charge in [-0.25, -0.2) is 23.4 Å². The Labute approximate surface area is 233 Å². The second-order valence-electron chi connectivity index (χ2n) is 9.46. The molecule has 40 heavy (non-hydrogen) atoms. The van der Waals surface area contributed by atoms with Crippen LogP contribution in [0.3, 0.4) is 0 Å². The van der Waals surface area contributed by atoms with E-state index < -0.39 is 20.2 Å². The van der Waals surface area contributed by atoms with Crippen LogP contribution in [-0.4, -0.2) is 64.1 Å². The molecule has 1 N–H and O–H groups in total. The maximum atomic E-state index is 13.0. The zero-order chi connectivity index (χ0) is 28.7. The summed E-state index contributed by atoms with van der Waals surface area (Å²) < 4.78 is 68.2. The number of sulfone groups is 1. The van der Waals surface area contributed by atoms with Crippen molar-refractivity contribution in [1.29, 1.82) is 0 Å². The Hall–Kier alpha value is -3.39. The molecule has 9 nitrogen and oxygen atoms in total. The third-order valence-electron chi connectivity index (χ3n) is 6.21. The minimum Gasteiger partial charge on any atom is -0.373 e. The first kappa shape index (κ1) is 28.1. The van der Waals surface area contributed by atoms with Gasteiger partial charge in [0.05, 0.1) is 39.9 Å². The number of nitrogens with zero attached hydrogens (tertiary/aromatic N) is 5. The van der Waals surface area contributed by atoms with Gasteiger partial charge < -0.3 is 10.1 Å². The molecule has 1 aromatic carbocycles. The maximum Gasteiger partial charge on any atom is 0.501 e. The molecule has 0 bridgehead atoms. The quantitative estimate of drug-likeness (QED) is 0.315. The minimum absolute atomic E-state index is 0.0351. The summed E-state index contributed by atoms with van der Waals surface area (Å²) in [6.07, 6.45) is 3.27. The average Bonchev–Trinajstić information content (AvgIpc) is 2.88. The molecule has 14 heteroatoms. The molecule has 0 saturated carbocycles. The highest BCUT2D eigenvalue weighted by molar-refractivity contribution is 7.92. The Kier molecular flexibility index (Phi) is 7.66. The first-order chi connectivity index (χ1) is 18.9. The van der Waals surface area contributed by atoms with E-state index in [0.29, 0.717) is 64.3 Å². The molecule has 0 aliphatic carbocycles. The molecule has 1 saturated heterocycles. The number of rotatable bonds is 6. The number of halogens is 4. The first-order valence-electron chi connectivity index (χ1n) is 12.2. The van der Waals surface area contributed by atoms with E-state index in [1.807, 2.05) is 13.8 Å². The van der Waals surface area contributed by atoms with Crippen molar-refractivity contribution in [2.75, 3.05) is 18.4 Å². The number of nitrogens with one attached hydrogen (secondary N) is 1. The van der Waals surface area contributed by atoms with Crippen LogP contribution in [0.5, 0.6) is 0 Å². The Balaban J connectivity index is 1.53. The van der Waals surface area contributed by atoms with E-state index >= 15 is 0 Å². The fourth-order valence-corrected chi connectivity index (χ4v) is 5.55. The predicted molar refractivity (Wildman–Crippen MR) is 144 cm³/mol. The number of alkyl halides is 3. The Morgan fingerprint density at radius 2 is 1.77 bits per heavy atom. The van der Waals surface area contributed by atoms with E-state index in [1.54, 1.807) is 30.6 Å². The van der Waals surface area contributed by atoms with Gasteiger partial charge in [0.15, 0.2) is 5.82 Å². The van der Waals surface area contributed by atoms with E-state index in [4.69, 9.17) is 21.3 Å². The van der Waals surface area contributed by atoms with Crippen molar-refractivity contribution >= 4 is 44.0 Å². The number of anilines is 2. The number of hydrogen-bond donors (Lipinski definition) is 1. The highest BCUT2D eigenvalue weighted by atomic mass is 35.5. The molecule has 4 heterocycles. The van der Waals surface area contributed by atoms with Crippen molar-refractivity contribution in [2.45, 2.75) is 43.0 Å². The summed E-state index contributed by atoms with van der Waals surface area (Å²) in [6.45, 7) is 5.77. The fourth-order valence-electron chi connectivity index (χ4n) is 4.55. The van der Waals surface area contributed by atoms with Crippen LogP contribution in [0.1, 0.15) is 19.7 Å². The fraction of sp³-hybridized carbons (Fsp3) is 0.308. The standard InChI is InChI=1S/C26H24ClF3N6O3S/c1-15-12-36(13-16(2)39-15)14-22-34-21-10-17(23-20(27)4-3-9-31-23)11-32-24(21)25(35-22)33-18-5-7-19(8-6-18)40(37,38)26(28,29)30/h3-11,15-16H,12-14H2,1-2H3,(H,33,34,35). The summed E-state index contributed by atoms with van der Waals surface area (Å²) in [5, 5.41) is 3.50. The summed E-state index contributed by atoms with van der Waals surface area (Å²) in [6, 6.07) is 9.48. The van der Waals surface area contributed by atoms with Gasteiger partial charge in [0.25, 0.3) is 9.84 Å². The predicted octanol–water partition coefficient (Wildman–Crippen LogP) is 5.39. The van der Waals surface area contributed by atoms with E-state index in [0.717, 1.165) is 12.1 Å². The third-order valence-corrected chi connectivity index (χ3v) is 8.01. The number of pyridine rings is 2. The molecule has 5 rings (SSSR count). The normalized spacial score (nSPS) is 18.6. The lowest BCUT2D eigenvalue weighted by atomic mass is 10.1. The monoisotopic (exact) mass is 592 g/mol. The van der Waals surface area contributed by atoms with Gasteiger partial charge in [-0.1, -0.05) is 11.6 Å². The number of hydrogen-bond acceptors (Lipinski definition) is 9. The van der Waals surface area contributed by atoms with Crippen molar-refractivity contribution in [3.8, 4) is 11.3 Å². The minimum atomic E-state index is -5.47. The molecule has 3 aromatic heterocycles. The van der Waals surface area contributed by atoms with Crippen molar-refractivity contribution in [3.05, 3.63) is 65.7 Å². The summed E-state index contributed by atoms with van der Waals surface area (Å²) in [5.74, 6) is 0.790. The summed E-state index contributed by atoms with van der Waals surface area (Å²) in [7, 11) is -5.47. The van der Waals surface area contributed by atoms with Crippen LogP contribution in [0, 0.1) is 0 Å². The largest absolute Gasteiger partial charge is 0.501 e. The van der Waals surface area contributed by atoms with Crippen LogP contribution in [0.4, 0.5) is 24.7 Å². The molecular weight excluding hydrogens is 569 g/mol. The first-order valence-corrected chi connectivity index (χ1v) is 14.1. The molecular formula is C26H24ClF3N6O3S. The summed E-state index contributed by atoms with van der Waals surface area (Å²) >= 11 is 6.34. The van der Waals surface area contributed by atoms with Gasteiger partial charge in [-0.05, 0) is 56.3 Å². The van der Waals surface area contributed by atoms with Crippen LogP contribution in [0.25, 0.3) is 22.3 Å². The van der Waals surface area contributed by atoms with Crippen molar-refractivity contribution in [2.24, 2.45) is 0 Å². The van der Waals surface area contributed by atoms with Gasteiger partial charge in [0.2, 0.25) is 0 Å². The molecule has 0 spiro atoms. The molecule has 2 atom stereocenters. The van der Waals surface area contributed by atoms with E-state index in [-0.39, 0.29) is 12.2 Å². The highest BCUT2D eigenvalue weighted by Gasteiger charge is 2.46.